The van der Waals surface area contributed by atoms with Crippen LogP contribution in [-0.4, -0.2) is 4.57 Å². The van der Waals surface area contributed by atoms with E-state index >= 15 is 0 Å². The van der Waals surface area contributed by atoms with Crippen molar-refractivity contribution in [3.8, 4) is 16.8 Å². The van der Waals surface area contributed by atoms with Gasteiger partial charge in [0.25, 0.3) is 0 Å². The molecule has 6 heteroatoms. The summed E-state index contributed by atoms with van der Waals surface area (Å²) < 4.78 is 5.04. The van der Waals surface area contributed by atoms with E-state index in [9.17, 15) is 0 Å². The molecule has 16 aromatic rings. The van der Waals surface area contributed by atoms with Crippen molar-refractivity contribution >= 4 is 122 Å². The molecule has 8 saturated carbocycles. The summed E-state index contributed by atoms with van der Waals surface area (Å²) in [4.78, 5) is 9.90. The molecule has 2 heterocycles. The maximum atomic E-state index is 2.59. The highest BCUT2D eigenvalue weighted by molar-refractivity contribution is 7.25. The van der Waals surface area contributed by atoms with Crippen molar-refractivity contribution in [2.75, 3.05) is 19.6 Å². The molecule has 0 saturated heterocycles. The Hall–Kier alpha value is -11.7. The predicted octanol–water partition coefficient (Wildman–Crippen LogP) is 29.9. The van der Waals surface area contributed by atoms with E-state index in [0.717, 1.165) is 104 Å². The van der Waals surface area contributed by atoms with Gasteiger partial charge in [-0.2, -0.15) is 0 Å². The van der Waals surface area contributed by atoms with Gasteiger partial charge in [-0.1, -0.05) is 196 Å². The molecule has 8 aliphatic carbocycles. The van der Waals surface area contributed by atoms with Crippen LogP contribution in [0.3, 0.4) is 0 Å². The van der Waals surface area contributed by atoms with Gasteiger partial charge in [-0.25, -0.2) is 0 Å². The largest absolute Gasteiger partial charge is 0.311 e. The van der Waals surface area contributed by atoms with Crippen molar-refractivity contribution in [2.45, 2.75) is 94.8 Å². The first-order chi connectivity index (χ1) is 55.7. The SMILES string of the molecule is CC(C)c1cc(N(c2ccc(-c3ccccc3)cc2)c2ccc(C34CC5CC(C3)C(C3C6CC7CC3CC(c3ccc(N(c8ccccc8)c8ccc(N(c9ccccc9)c9ccc%10c(c9)sc9ccccc9%10)cc8)cc3)(C7)C6)C(C5)C4)cc2)cc(N(c2ccccc2)c2ccc3c(c2)c2ccccc2n3-c2ccccc2)c1. The van der Waals surface area contributed by atoms with Crippen LogP contribution in [0.15, 0.2) is 352 Å². The van der Waals surface area contributed by atoms with Gasteiger partial charge in [-0.3, -0.25) is 0 Å². The smallest absolute Gasteiger partial charge is 0.0542 e. The molecule has 8 aliphatic rings. The minimum atomic E-state index is 0.228. The molecule has 24 rings (SSSR count). The highest BCUT2D eigenvalue weighted by Gasteiger charge is 2.63. The van der Waals surface area contributed by atoms with Gasteiger partial charge in [-0.05, 0) is 326 Å². The summed E-state index contributed by atoms with van der Waals surface area (Å²) in [7, 11) is 0. The quantitative estimate of drug-likeness (QED) is 0.0852. The summed E-state index contributed by atoms with van der Waals surface area (Å²) in [6.45, 7) is 4.69. The highest BCUT2D eigenvalue weighted by Crippen LogP contribution is 2.71. The third kappa shape index (κ3) is 11.8. The third-order valence-corrected chi connectivity index (χ3v) is 29.0. The fourth-order valence-electron chi connectivity index (χ4n) is 23.7. The van der Waals surface area contributed by atoms with E-state index < -0.39 is 0 Å². The molecular weight excluding hydrogens is 1390 g/mol. The van der Waals surface area contributed by atoms with Gasteiger partial charge in [0.2, 0.25) is 0 Å². The van der Waals surface area contributed by atoms with Gasteiger partial charge in [0.05, 0.1) is 11.0 Å². The Morgan fingerprint density at radius 2 is 0.646 bits per heavy atom. The van der Waals surface area contributed by atoms with Crippen molar-refractivity contribution in [3.63, 3.8) is 0 Å². The number of anilines is 12. The van der Waals surface area contributed by atoms with Crippen LogP contribution in [0.4, 0.5) is 68.2 Å². The van der Waals surface area contributed by atoms with Gasteiger partial charge < -0.3 is 24.2 Å². The summed E-state index contributed by atoms with van der Waals surface area (Å²) in [5.74, 6) is 6.90. The highest BCUT2D eigenvalue weighted by atomic mass is 32.1. The molecule has 2 aromatic heterocycles. The minimum Gasteiger partial charge on any atom is -0.311 e. The van der Waals surface area contributed by atoms with Gasteiger partial charge in [-0.15, -0.1) is 11.3 Å². The number of aromatic nitrogens is 1. The standard InChI is InChI=1S/C107H93N5S/c1-71(2)76-60-94(62-95(61-76)111(85-28-14-6-15-29-85)92-53-55-101-99(63-92)96-32-18-20-34-100(96)112(101)86-30-16-7-17-31-86)110(87-42-36-75(37-43-87)74-22-8-3-9-23-74)89-46-40-82(41-47-89)107-66-73-58-79(69-107)105(80(59-73)70-107)104-77-56-72-57-78(104)68-106(65-72,67-77)81-38-44-88(45-39-81)108(83-24-10-4-11-25-83)90-48-50-91(51-49-90)109(84-26-12-5-13-27-84)93-52-54-98-97-33-19-21-35-102(97)113-103(98)64-93/h3-55,60-64,71-73,77-80,104-105H,56-59,65-70H2,1-2H3. The Morgan fingerprint density at radius 1 is 0.283 bits per heavy atom. The Labute approximate surface area is 668 Å². The normalized spacial score (nSPS) is 22.6. The van der Waals surface area contributed by atoms with Gasteiger partial charge in [0.15, 0.2) is 0 Å². The van der Waals surface area contributed by atoms with E-state index in [0.29, 0.717) is 0 Å². The lowest BCUT2D eigenvalue weighted by Gasteiger charge is -2.68. The summed E-state index contributed by atoms with van der Waals surface area (Å²) in [6, 6.07) is 132. The second-order valence-corrected chi connectivity index (χ2v) is 35.7. The van der Waals surface area contributed by atoms with Gasteiger partial charge in [0, 0.05) is 105 Å². The lowest BCUT2D eigenvalue weighted by molar-refractivity contribution is -0.151. The first-order valence-corrected chi connectivity index (χ1v) is 42.5. The van der Waals surface area contributed by atoms with Crippen molar-refractivity contribution in [1.29, 1.82) is 0 Å². The average molecular weight is 1480 g/mol. The molecule has 5 nitrogen and oxygen atoms in total. The molecule has 0 N–H and O–H groups in total. The zero-order valence-electron chi connectivity index (χ0n) is 64.4. The van der Waals surface area contributed by atoms with Crippen molar-refractivity contribution in [2.24, 2.45) is 47.3 Å². The number of fused-ring (bicyclic) bond motifs is 7. The molecule has 4 atom stereocenters. The first-order valence-electron chi connectivity index (χ1n) is 41.7. The van der Waals surface area contributed by atoms with Crippen LogP contribution in [0.1, 0.15) is 101 Å². The second-order valence-electron chi connectivity index (χ2n) is 34.6. The number of para-hydroxylation sites is 5. The molecule has 0 spiro atoms. The van der Waals surface area contributed by atoms with Crippen LogP contribution in [-0.2, 0) is 10.8 Å². The molecular formula is C107H93N5S. The van der Waals surface area contributed by atoms with E-state index in [1.165, 1.54) is 140 Å². The van der Waals surface area contributed by atoms with E-state index in [2.05, 4.69) is 390 Å². The number of nitrogens with zero attached hydrogens (tertiary/aromatic N) is 5. The van der Waals surface area contributed by atoms with Crippen LogP contribution >= 0.6 is 11.3 Å². The van der Waals surface area contributed by atoms with Crippen LogP contribution < -0.4 is 19.6 Å². The molecule has 4 unspecified atom stereocenters. The molecule has 0 aliphatic heterocycles. The average Bonchev–Trinajstić information content (AvgIpc) is 1.69. The number of thiophene rings is 1. The van der Waals surface area contributed by atoms with Crippen LogP contribution in [0.5, 0.6) is 0 Å². The Balaban J connectivity index is 0.550. The van der Waals surface area contributed by atoms with E-state index in [1.54, 1.807) is 11.1 Å². The monoisotopic (exact) mass is 1480 g/mol. The van der Waals surface area contributed by atoms with E-state index in [1.807, 2.05) is 11.3 Å². The zero-order valence-corrected chi connectivity index (χ0v) is 65.2. The minimum absolute atomic E-state index is 0.228. The van der Waals surface area contributed by atoms with Crippen molar-refractivity contribution < 1.29 is 0 Å². The summed E-state index contributed by atoms with van der Waals surface area (Å²) in [6.07, 6.45) is 13.9. The zero-order chi connectivity index (χ0) is 74.9. The maximum Gasteiger partial charge on any atom is 0.0542 e. The van der Waals surface area contributed by atoms with Gasteiger partial charge in [0.1, 0.15) is 0 Å². The lowest BCUT2D eigenvalue weighted by Crippen LogP contribution is -2.61. The molecule has 8 fully saturated rings. The van der Waals surface area contributed by atoms with Crippen LogP contribution in [0, 0.1) is 47.3 Å². The Morgan fingerprint density at radius 3 is 1.16 bits per heavy atom. The van der Waals surface area contributed by atoms with E-state index in [4.69, 9.17) is 0 Å². The molecule has 0 radical (unpaired) electrons. The van der Waals surface area contributed by atoms with Crippen LogP contribution in [0.25, 0.3) is 58.8 Å². The molecule has 113 heavy (non-hydrogen) atoms. The fraction of sp³-hybridized carbons (Fsp3) is 0.215. The number of hydrogen-bond donors (Lipinski definition) is 0. The van der Waals surface area contributed by atoms with Crippen molar-refractivity contribution in [1.82, 2.24) is 4.57 Å². The van der Waals surface area contributed by atoms with Gasteiger partial charge >= 0.3 is 0 Å². The summed E-state index contributed by atoms with van der Waals surface area (Å²) >= 11 is 1.88. The van der Waals surface area contributed by atoms with Crippen LogP contribution in [0.2, 0.25) is 0 Å². The summed E-state index contributed by atoms with van der Waals surface area (Å²) in [5.41, 5.74) is 24.8. The lowest BCUT2D eigenvalue weighted by atomic mass is 9.37. The first kappa shape index (κ1) is 68.1. The Kier molecular flexibility index (Phi) is 16.6. The number of hydrogen-bond acceptors (Lipinski definition) is 5. The predicted molar refractivity (Wildman–Crippen MR) is 476 cm³/mol. The molecule has 552 valence electrons. The number of benzene rings is 14. The fourth-order valence-corrected chi connectivity index (χ4v) is 24.9. The maximum absolute atomic E-state index is 2.59. The second kappa shape index (κ2) is 27.6. The summed E-state index contributed by atoms with van der Waals surface area (Å²) in [5, 5.41) is 5.11. The molecule has 0 amide bonds. The topological polar surface area (TPSA) is 17.9 Å². The van der Waals surface area contributed by atoms with E-state index in [-0.39, 0.29) is 16.7 Å². The number of rotatable bonds is 18. The molecule has 8 bridgehead atoms. The molecule has 14 aromatic carbocycles. The Bertz CT molecular complexity index is 6140. The van der Waals surface area contributed by atoms with Crippen molar-refractivity contribution in [3.05, 3.63) is 369 Å². The third-order valence-electron chi connectivity index (χ3n) is 27.9.